The number of methoxy groups -OCH3 is 1. The molecular weight excluding hydrogens is 399 g/mol. The Morgan fingerprint density at radius 1 is 1.20 bits per heavy atom. The first-order valence-electron chi connectivity index (χ1n) is 8.85. The molecule has 0 unspecified atom stereocenters. The summed E-state index contributed by atoms with van der Waals surface area (Å²) >= 11 is 0. The number of para-hydroxylation sites is 1. The molecule has 1 aliphatic heterocycles. The van der Waals surface area contributed by atoms with E-state index in [9.17, 15) is 22.8 Å². The van der Waals surface area contributed by atoms with Crippen molar-refractivity contribution in [1.29, 1.82) is 0 Å². The first kappa shape index (κ1) is 21.1. The van der Waals surface area contributed by atoms with Gasteiger partial charge in [-0.15, -0.1) is 6.58 Å². The predicted octanol–water partition coefficient (Wildman–Crippen LogP) is 3.16. The van der Waals surface area contributed by atoms with E-state index >= 15 is 0 Å². The van der Waals surface area contributed by atoms with Gasteiger partial charge in [0.05, 0.1) is 12.7 Å². The number of aliphatic imine (C=N–C) groups is 1. The van der Waals surface area contributed by atoms with Gasteiger partial charge in [0.2, 0.25) is 0 Å². The molecule has 9 heteroatoms. The van der Waals surface area contributed by atoms with Crippen molar-refractivity contribution in [2.75, 3.05) is 13.7 Å². The Morgan fingerprint density at radius 3 is 2.43 bits per heavy atom. The van der Waals surface area contributed by atoms with Crippen molar-refractivity contribution in [3.8, 4) is 5.75 Å². The molecule has 0 spiro atoms. The molecule has 0 radical (unpaired) electrons. The number of nitrogens with one attached hydrogen (secondary N) is 1. The number of ether oxygens (including phenoxy) is 1. The number of carbonyl (C=O) groups is 2. The van der Waals surface area contributed by atoms with Crippen molar-refractivity contribution in [2.45, 2.75) is 11.8 Å². The summed E-state index contributed by atoms with van der Waals surface area (Å²) in [5.74, 6) is -2.71. The number of hydrogen-bond donors (Lipinski definition) is 1. The van der Waals surface area contributed by atoms with Crippen molar-refractivity contribution in [3.63, 3.8) is 0 Å². The molecule has 3 rings (SSSR count). The second kappa shape index (κ2) is 8.02. The molecule has 2 aromatic rings. The van der Waals surface area contributed by atoms with Gasteiger partial charge in [0.25, 0.3) is 11.8 Å². The molecule has 0 aliphatic carbocycles. The standard InChI is InChI=1S/C21H18F3N3O3/c1-3-13-27-17(14-9-5-4-6-10-14)25-20(19(27)29,21(22,23)24)26-18(28)15-11-7-8-12-16(15)30-2/h3-12H,1,13H2,2H3,(H,26,28)/t20-/m1/s1. The van der Waals surface area contributed by atoms with E-state index in [1.54, 1.807) is 29.6 Å². The molecule has 1 heterocycles. The molecule has 0 saturated carbocycles. The van der Waals surface area contributed by atoms with Gasteiger partial charge in [0.15, 0.2) is 0 Å². The van der Waals surface area contributed by atoms with Crippen LogP contribution in [-0.2, 0) is 4.79 Å². The topological polar surface area (TPSA) is 71.0 Å². The van der Waals surface area contributed by atoms with Crippen LogP contribution in [0.2, 0.25) is 0 Å². The molecule has 1 aliphatic rings. The van der Waals surface area contributed by atoms with Gasteiger partial charge in [-0.2, -0.15) is 13.2 Å². The van der Waals surface area contributed by atoms with E-state index in [0.717, 1.165) is 4.90 Å². The molecule has 0 aromatic heterocycles. The van der Waals surface area contributed by atoms with E-state index in [-0.39, 0.29) is 23.7 Å². The average Bonchev–Trinajstić information content (AvgIpc) is 3.02. The Balaban J connectivity index is 2.12. The smallest absolute Gasteiger partial charge is 0.442 e. The van der Waals surface area contributed by atoms with Crippen molar-refractivity contribution in [1.82, 2.24) is 10.2 Å². The Morgan fingerprint density at radius 2 is 1.83 bits per heavy atom. The molecule has 30 heavy (non-hydrogen) atoms. The van der Waals surface area contributed by atoms with Gasteiger partial charge < -0.3 is 10.1 Å². The molecule has 2 aromatic carbocycles. The first-order valence-corrected chi connectivity index (χ1v) is 8.85. The lowest BCUT2D eigenvalue weighted by molar-refractivity contribution is -0.196. The summed E-state index contributed by atoms with van der Waals surface area (Å²) in [7, 11) is 1.28. The van der Waals surface area contributed by atoms with Crippen LogP contribution in [0, 0.1) is 0 Å². The van der Waals surface area contributed by atoms with Crippen LogP contribution in [0.3, 0.4) is 0 Å². The summed E-state index contributed by atoms with van der Waals surface area (Å²) in [6, 6.07) is 13.7. The lowest BCUT2D eigenvalue weighted by atomic mass is 10.1. The molecule has 0 saturated heterocycles. The quantitative estimate of drug-likeness (QED) is 0.734. The van der Waals surface area contributed by atoms with Crippen LogP contribution in [0.1, 0.15) is 15.9 Å². The third kappa shape index (κ3) is 3.54. The lowest BCUT2D eigenvalue weighted by Crippen LogP contribution is -2.63. The summed E-state index contributed by atoms with van der Waals surface area (Å²) in [4.78, 5) is 30.3. The summed E-state index contributed by atoms with van der Waals surface area (Å²) in [6.45, 7) is 3.28. The summed E-state index contributed by atoms with van der Waals surface area (Å²) in [6.07, 6.45) is -3.91. The summed E-state index contributed by atoms with van der Waals surface area (Å²) in [5, 5.41) is 1.80. The van der Waals surface area contributed by atoms with Gasteiger partial charge in [-0.3, -0.25) is 14.5 Å². The fraction of sp³-hybridized carbons (Fsp3) is 0.190. The highest BCUT2D eigenvalue weighted by Gasteiger charge is 2.67. The van der Waals surface area contributed by atoms with Gasteiger partial charge in [-0.1, -0.05) is 48.5 Å². The highest BCUT2D eigenvalue weighted by Crippen LogP contribution is 2.39. The van der Waals surface area contributed by atoms with Crippen LogP contribution in [-0.4, -0.2) is 48.0 Å². The maximum atomic E-state index is 14.2. The number of alkyl halides is 3. The van der Waals surface area contributed by atoms with E-state index in [2.05, 4.69) is 11.6 Å². The average molecular weight is 417 g/mol. The summed E-state index contributed by atoms with van der Waals surface area (Å²) < 4.78 is 47.6. The number of benzene rings is 2. The molecule has 0 bridgehead atoms. The third-order valence-corrected chi connectivity index (χ3v) is 4.48. The van der Waals surface area contributed by atoms with Gasteiger partial charge in [-0.25, -0.2) is 4.99 Å². The Labute approximate surface area is 170 Å². The van der Waals surface area contributed by atoms with Crippen LogP contribution >= 0.6 is 0 Å². The van der Waals surface area contributed by atoms with Gasteiger partial charge in [0, 0.05) is 12.1 Å². The maximum Gasteiger partial charge on any atom is 0.442 e. The second-order valence-electron chi connectivity index (χ2n) is 6.37. The highest BCUT2D eigenvalue weighted by molar-refractivity contribution is 6.17. The first-order chi connectivity index (χ1) is 14.2. The fourth-order valence-corrected chi connectivity index (χ4v) is 3.07. The van der Waals surface area contributed by atoms with Crippen LogP contribution in [0.15, 0.2) is 72.2 Å². The molecule has 6 nitrogen and oxygen atoms in total. The largest absolute Gasteiger partial charge is 0.496 e. The normalized spacial score (nSPS) is 18.7. The van der Waals surface area contributed by atoms with Crippen LogP contribution in [0.25, 0.3) is 0 Å². The monoisotopic (exact) mass is 417 g/mol. The SMILES string of the molecule is C=CCN1C(=O)[C@@](NC(=O)c2ccccc2OC)(C(F)(F)F)N=C1c1ccccc1. The van der Waals surface area contributed by atoms with Crippen molar-refractivity contribution >= 4 is 17.6 Å². The zero-order valence-corrected chi connectivity index (χ0v) is 15.9. The van der Waals surface area contributed by atoms with E-state index in [4.69, 9.17) is 4.74 Å². The second-order valence-corrected chi connectivity index (χ2v) is 6.37. The number of halogens is 3. The third-order valence-electron chi connectivity index (χ3n) is 4.48. The Bertz CT molecular complexity index is 1010. The van der Waals surface area contributed by atoms with Crippen molar-refractivity contribution in [2.24, 2.45) is 4.99 Å². The Hall–Kier alpha value is -3.62. The van der Waals surface area contributed by atoms with Crippen LogP contribution in [0.5, 0.6) is 5.75 Å². The fourth-order valence-electron chi connectivity index (χ4n) is 3.07. The van der Waals surface area contributed by atoms with Crippen molar-refractivity contribution < 1.29 is 27.5 Å². The number of carbonyl (C=O) groups excluding carboxylic acids is 2. The number of amidine groups is 1. The number of hydrogen-bond acceptors (Lipinski definition) is 4. The number of amides is 2. The van der Waals surface area contributed by atoms with E-state index in [1.165, 1.54) is 43.5 Å². The molecule has 2 amide bonds. The lowest BCUT2D eigenvalue weighted by Gasteiger charge is -2.29. The van der Waals surface area contributed by atoms with Crippen LogP contribution < -0.4 is 10.1 Å². The minimum Gasteiger partial charge on any atom is -0.496 e. The molecular formula is C21H18F3N3O3. The maximum absolute atomic E-state index is 14.2. The number of rotatable bonds is 6. The Kier molecular flexibility index (Phi) is 5.64. The van der Waals surface area contributed by atoms with E-state index < -0.39 is 23.7 Å². The minimum absolute atomic E-state index is 0.0629. The summed E-state index contributed by atoms with van der Waals surface area (Å²) in [5.41, 5.74) is -3.33. The molecule has 1 atom stereocenters. The molecule has 156 valence electrons. The van der Waals surface area contributed by atoms with Gasteiger partial charge >= 0.3 is 11.8 Å². The minimum atomic E-state index is -5.20. The molecule has 1 N–H and O–H groups in total. The van der Waals surface area contributed by atoms with Crippen LogP contribution in [0.4, 0.5) is 13.2 Å². The highest BCUT2D eigenvalue weighted by atomic mass is 19.4. The predicted molar refractivity (Wildman–Crippen MR) is 104 cm³/mol. The zero-order valence-electron chi connectivity index (χ0n) is 15.9. The van der Waals surface area contributed by atoms with Crippen molar-refractivity contribution in [3.05, 3.63) is 78.4 Å². The number of nitrogens with zero attached hydrogens (tertiary/aromatic N) is 2. The van der Waals surface area contributed by atoms with Gasteiger partial charge in [0.1, 0.15) is 11.6 Å². The van der Waals surface area contributed by atoms with E-state index in [1.807, 2.05) is 0 Å². The molecule has 0 fully saturated rings. The van der Waals surface area contributed by atoms with E-state index in [0.29, 0.717) is 5.56 Å². The zero-order chi connectivity index (χ0) is 21.9. The van der Waals surface area contributed by atoms with Gasteiger partial charge in [-0.05, 0) is 12.1 Å².